The molecule has 0 unspecified atom stereocenters. The van der Waals surface area contributed by atoms with E-state index in [9.17, 15) is 9.50 Å². The molecule has 0 aliphatic carbocycles. The Balaban J connectivity index is 0.00000225. The molecule has 3 N–H and O–H groups in total. The molecule has 1 aromatic carbocycles. The molecule has 1 rings (SSSR count). The van der Waals surface area contributed by atoms with Crippen molar-refractivity contribution < 1.29 is 14.2 Å². The van der Waals surface area contributed by atoms with E-state index in [0.717, 1.165) is 0 Å². The molecule has 0 aromatic heterocycles. The monoisotopic (exact) mass is 249 g/mol. The van der Waals surface area contributed by atoms with Crippen LogP contribution >= 0.6 is 12.4 Å². The zero-order valence-electron chi connectivity index (χ0n) is 9.31. The summed E-state index contributed by atoms with van der Waals surface area (Å²) in [6.07, 6.45) is -0.236. The van der Waals surface area contributed by atoms with Crippen LogP contribution in [0.15, 0.2) is 18.2 Å². The molecule has 2 atom stereocenters. The molecule has 0 aliphatic rings. The molecule has 0 spiro atoms. The number of aliphatic hydroxyl groups excluding tert-OH is 1. The van der Waals surface area contributed by atoms with Crippen LogP contribution in [0.3, 0.4) is 0 Å². The SMILES string of the molecule is CC[C@@H](O)[C@@H](N)c1ccc(OC)cc1F.Cl. The number of rotatable bonds is 4. The van der Waals surface area contributed by atoms with Crippen molar-refractivity contribution in [2.75, 3.05) is 7.11 Å². The van der Waals surface area contributed by atoms with Crippen LogP contribution in [0.2, 0.25) is 0 Å². The topological polar surface area (TPSA) is 55.5 Å². The first-order valence-corrected chi connectivity index (χ1v) is 4.87. The molecular formula is C11H17ClFNO2. The van der Waals surface area contributed by atoms with Crippen molar-refractivity contribution in [2.45, 2.75) is 25.5 Å². The lowest BCUT2D eigenvalue weighted by molar-refractivity contribution is 0.139. The molecule has 92 valence electrons. The maximum atomic E-state index is 13.5. The number of methoxy groups -OCH3 is 1. The largest absolute Gasteiger partial charge is 0.497 e. The fraction of sp³-hybridized carbons (Fsp3) is 0.455. The summed E-state index contributed by atoms with van der Waals surface area (Å²) >= 11 is 0. The highest BCUT2D eigenvalue weighted by Gasteiger charge is 2.18. The van der Waals surface area contributed by atoms with Gasteiger partial charge in [0.2, 0.25) is 0 Å². The number of hydrogen-bond donors (Lipinski definition) is 2. The van der Waals surface area contributed by atoms with Crippen molar-refractivity contribution in [2.24, 2.45) is 5.73 Å². The van der Waals surface area contributed by atoms with Gasteiger partial charge in [0, 0.05) is 11.6 Å². The quantitative estimate of drug-likeness (QED) is 0.859. The van der Waals surface area contributed by atoms with Crippen molar-refractivity contribution in [1.29, 1.82) is 0 Å². The molecule has 0 radical (unpaired) electrons. The van der Waals surface area contributed by atoms with E-state index < -0.39 is 18.0 Å². The number of halogens is 2. The highest BCUT2D eigenvalue weighted by molar-refractivity contribution is 5.85. The van der Waals surface area contributed by atoms with Gasteiger partial charge in [0.05, 0.1) is 19.3 Å². The van der Waals surface area contributed by atoms with Gasteiger partial charge in [-0.25, -0.2) is 4.39 Å². The molecule has 0 amide bonds. The van der Waals surface area contributed by atoms with Gasteiger partial charge in [0.15, 0.2) is 0 Å². The van der Waals surface area contributed by atoms with Gasteiger partial charge in [-0.1, -0.05) is 13.0 Å². The fourth-order valence-corrected chi connectivity index (χ4v) is 1.37. The second-order valence-corrected chi connectivity index (χ2v) is 3.39. The third kappa shape index (κ3) is 3.33. The van der Waals surface area contributed by atoms with E-state index in [0.29, 0.717) is 17.7 Å². The van der Waals surface area contributed by atoms with Crippen LogP contribution in [0.1, 0.15) is 24.9 Å². The summed E-state index contributed by atoms with van der Waals surface area (Å²) in [5.41, 5.74) is 6.02. The lowest BCUT2D eigenvalue weighted by Gasteiger charge is -2.18. The molecule has 16 heavy (non-hydrogen) atoms. The Labute approximate surface area is 101 Å². The second kappa shape index (κ2) is 6.68. The van der Waals surface area contributed by atoms with E-state index >= 15 is 0 Å². The standard InChI is InChI=1S/C11H16FNO2.ClH/c1-3-10(14)11(13)8-5-4-7(15-2)6-9(8)12;/h4-6,10-11,14H,3,13H2,1-2H3;1H/t10-,11+;/m1./s1. The summed E-state index contributed by atoms with van der Waals surface area (Å²) < 4.78 is 18.4. The van der Waals surface area contributed by atoms with Gasteiger partial charge in [0.1, 0.15) is 11.6 Å². The molecule has 0 aliphatic heterocycles. The number of benzene rings is 1. The zero-order chi connectivity index (χ0) is 11.4. The Hall–Kier alpha value is -0.840. The lowest BCUT2D eigenvalue weighted by atomic mass is 10.00. The summed E-state index contributed by atoms with van der Waals surface area (Å²) in [7, 11) is 1.47. The van der Waals surface area contributed by atoms with Crippen LogP contribution in [-0.4, -0.2) is 18.3 Å². The molecule has 0 fully saturated rings. The van der Waals surface area contributed by atoms with Crippen LogP contribution in [0, 0.1) is 5.82 Å². The maximum absolute atomic E-state index is 13.5. The summed E-state index contributed by atoms with van der Waals surface area (Å²) in [4.78, 5) is 0. The third-order valence-corrected chi connectivity index (χ3v) is 2.40. The normalized spacial score (nSPS) is 13.8. The van der Waals surface area contributed by atoms with Crippen molar-refractivity contribution in [1.82, 2.24) is 0 Å². The van der Waals surface area contributed by atoms with E-state index in [2.05, 4.69) is 0 Å². The number of nitrogens with two attached hydrogens (primary N) is 1. The zero-order valence-corrected chi connectivity index (χ0v) is 10.1. The molecular weight excluding hydrogens is 233 g/mol. The predicted octanol–water partition coefficient (Wildman–Crippen LogP) is 2.03. The fourth-order valence-electron chi connectivity index (χ4n) is 1.37. The van der Waals surface area contributed by atoms with Crippen molar-refractivity contribution >= 4 is 12.4 Å². The average molecular weight is 250 g/mol. The number of aliphatic hydroxyl groups is 1. The highest BCUT2D eigenvalue weighted by atomic mass is 35.5. The van der Waals surface area contributed by atoms with Crippen LogP contribution in [0.5, 0.6) is 5.75 Å². The molecule has 0 saturated carbocycles. The van der Waals surface area contributed by atoms with Gasteiger partial charge in [-0.3, -0.25) is 0 Å². The number of ether oxygens (including phenoxy) is 1. The van der Waals surface area contributed by atoms with Crippen LogP contribution in [-0.2, 0) is 0 Å². The number of hydrogen-bond acceptors (Lipinski definition) is 3. The Morgan fingerprint density at radius 2 is 2.12 bits per heavy atom. The smallest absolute Gasteiger partial charge is 0.131 e. The molecule has 1 aromatic rings. The van der Waals surface area contributed by atoms with Gasteiger partial charge < -0.3 is 15.6 Å². The molecule has 3 nitrogen and oxygen atoms in total. The molecule has 0 bridgehead atoms. The minimum atomic E-state index is -0.729. The van der Waals surface area contributed by atoms with E-state index in [-0.39, 0.29) is 12.4 Å². The third-order valence-electron chi connectivity index (χ3n) is 2.40. The molecule has 0 saturated heterocycles. The second-order valence-electron chi connectivity index (χ2n) is 3.39. The molecule has 0 heterocycles. The van der Waals surface area contributed by atoms with Gasteiger partial charge >= 0.3 is 0 Å². The summed E-state index contributed by atoms with van der Waals surface area (Å²) in [6.45, 7) is 1.80. The van der Waals surface area contributed by atoms with Gasteiger partial charge in [-0.15, -0.1) is 12.4 Å². The van der Waals surface area contributed by atoms with E-state index in [4.69, 9.17) is 10.5 Å². The van der Waals surface area contributed by atoms with Crippen LogP contribution in [0.25, 0.3) is 0 Å². The van der Waals surface area contributed by atoms with Gasteiger partial charge in [0.25, 0.3) is 0 Å². The molecule has 5 heteroatoms. The summed E-state index contributed by atoms with van der Waals surface area (Å²) in [5.74, 6) is -0.0104. The van der Waals surface area contributed by atoms with Crippen molar-refractivity contribution in [3.8, 4) is 5.75 Å². The van der Waals surface area contributed by atoms with Crippen LogP contribution < -0.4 is 10.5 Å². The van der Waals surface area contributed by atoms with Gasteiger partial charge in [-0.2, -0.15) is 0 Å². The first-order valence-electron chi connectivity index (χ1n) is 4.87. The Bertz CT molecular complexity index is 336. The minimum absolute atomic E-state index is 0. The summed E-state index contributed by atoms with van der Waals surface area (Å²) in [5, 5.41) is 9.51. The van der Waals surface area contributed by atoms with Crippen molar-refractivity contribution in [3.63, 3.8) is 0 Å². The van der Waals surface area contributed by atoms with Crippen molar-refractivity contribution in [3.05, 3.63) is 29.6 Å². The first kappa shape index (κ1) is 15.2. The predicted molar refractivity (Wildman–Crippen MR) is 63.4 cm³/mol. The highest BCUT2D eigenvalue weighted by Crippen LogP contribution is 2.23. The maximum Gasteiger partial charge on any atom is 0.131 e. The van der Waals surface area contributed by atoms with E-state index in [1.807, 2.05) is 0 Å². The van der Waals surface area contributed by atoms with Gasteiger partial charge in [-0.05, 0) is 12.5 Å². The summed E-state index contributed by atoms with van der Waals surface area (Å²) in [6, 6.07) is 3.73. The Kier molecular flexibility index (Phi) is 6.33. The first-order chi connectivity index (χ1) is 7.10. The Morgan fingerprint density at radius 1 is 1.50 bits per heavy atom. The lowest BCUT2D eigenvalue weighted by Crippen LogP contribution is -2.26. The average Bonchev–Trinajstić information content (AvgIpc) is 2.26. The van der Waals surface area contributed by atoms with E-state index in [1.54, 1.807) is 13.0 Å². The van der Waals surface area contributed by atoms with Crippen LogP contribution in [0.4, 0.5) is 4.39 Å². The van der Waals surface area contributed by atoms with E-state index in [1.165, 1.54) is 19.2 Å². The Morgan fingerprint density at radius 3 is 2.56 bits per heavy atom. The minimum Gasteiger partial charge on any atom is -0.497 e.